The minimum absolute atomic E-state index is 0.103. The zero-order valence-corrected chi connectivity index (χ0v) is 10.6. The van der Waals surface area contributed by atoms with Gasteiger partial charge in [0.2, 0.25) is 5.28 Å². The first-order valence-electron chi connectivity index (χ1n) is 5.34. The van der Waals surface area contributed by atoms with Crippen molar-refractivity contribution in [2.45, 2.75) is 11.3 Å². The molecule has 2 aliphatic heterocycles. The Morgan fingerprint density at radius 2 is 2.06 bits per heavy atom. The third-order valence-corrected chi connectivity index (χ3v) is 3.89. The quantitative estimate of drug-likeness (QED) is 0.714. The Balaban J connectivity index is 2.01. The van der Waals surface area contributed by atoms with Gasteiger partial charge < -0.3 is 9.64 Å². The average molecular weight is 272 g/mol. The van der Waals surface area contributed by atoms with Crippen LogP contribution in [0.5, 0.6) is 0 Å². The molecule has 7 heteroatoms. The first-order chi connectivity index (χ1) is 8.24. The van der Waals surface area contributed by atoms with Gasteiger partial charge in [-0.25, -0.2) is 4.98 Å². The molecule has 90 valence electrons. The van der Waals surface area contributed by atoms with Gasteiger partial charge >= 0.3 is 0 Å². The lowest BCUT2D eigenvalue weighted by Gasteiger charge is -2.28. The summed E-state index contributed by atoms with van der Waals surface area (Å²) >= 11 is 7.11. The number of thioether (sulfide) groups is 1. The van der Waals surface area contributed by atoms with Crippen LogP contribution < -0.4 is 4.90 Å². The summed E-state index contributed by atoms with van der Waals surface area (Å²) in [7, 11) is 0. The number of ether oxygens (including phenoxy) is 1. The van der Waals surface area contributed by atoms with Gasteiger partial charge in [0.15, 0.2) is 5.12 Å². The molecule has 0 saturated carbocycles. The lowest BCUT2D eigenvalue weighted by Crippen LogP contribution is -2.37. The van der Waals surface area contributed by atoms with Crippen LogP contribution in [0, 0.1) is 0 Å². The predicted molar refractivity (Wildman–Crippen MR) is 64.6 cm³/mol. The number of halogens is 1. The molecule has 0 atom stereocenters. The predicted octanol–water partition coefficient (Wildman–Crippen LogP) is 1.14. The molecule has 1 saturated heterocycles. The number of nitrogens with zero attached hydrogens (tertiary/aromatic N) is 3. The summed E-state index contributed by atoms with van der Waals surface area (Å²) in [5, 5.41) is 0.312. The number of aromatic nitrogens is 2. The Morgan fingerprint density at radius 3 is 2.82 bits per heavy atom. The third kappa shape index (κ3) is 2.12. The van der Waals surface area contributed by atoms with E-state index in [4.69, 9.17) is 16.3 Å². The van der Waals surface area contributed by atoms with Gasteiger partial charge in [0.05, 0.1) is 30.2 Å². The summed E-state index contributed by atoms with van der Waals surface area (Å²) < 4.78 is 5.30. The van der Waals surface area contributed by atoms with Gasteiger partial charge in [-0.15, -0.1) is 0 Å². The standard InChI is InChI=1S/C10H10ClN3O2S/c11-10-12-6-5-7(15)17-8(6)9(13-10)14-1-3-16-4-2-14/h1-5H2. The second-order valence-corrected chi connectivity index (χ2v) is 5.25. The molecule has 0 bridgehead atoms. The van der Waals surface area contributed by atoms with Crippen LogP contribution in [0.4, 0.5) is 5.82 Å². The van der Waals surface area contributed by atoms with Crippen molar-refractivity contribution in [3.05, 3.63) is 11.0 Å². The number of rotatable bonds is 1. The van der Waals surface area contributed by atoms with Crippen molar-refractivity contribution in [3.8, 4) is 0 Å². The van der Waals surface area contributed by atoms with Crippen molar-refractivity contribution in [3.63, 3.8) is 0 Å². The monoisotopic (exact) mass is 271 g/mol. The first kappa shape index (κ1) is 11.3. The minimum Gasteiger partial charge on any atom is -0.378 e. The van der Waals surface area contributed by atoms with Crippen molar-refractivity contribution in [1.29, 1.82) is 0 Å². The Labute approximate surface area is 108 Å². The molecule has 0 aromatic carbocycles. The maximum atomic E-state index is 11.5. The van der Waals surface area contributed by atoms with Gasteiger partial charge in [-0.05, 0) is 23.4 Å². The van der Waals surface area contributed by atoms with Crippen LogP contribution in [0.25, 0.3) is 0 Å². The van der Waals surface area contributed by atoms with Crippen LogP contribution in [-0.4, -0.2) is 41.4 Å². The zero-order valence-electron chi connectivity index (χ0n) is 8.98. The lowest BCUT2D eigenvalue weighted by molar-refractivity contribution is -0.110. The van der Waals surface area contributed by atoms with Crippen LogP contribution in [-0.2, 0) is 16.0 Å². The number of hydrogen-bond donors (Lipinski definition) is 0. The topological polar surface area (TPSA) is 55.3 Å². The molecule has 0 spiro atoms. The highest BCUT2D eigenvalue weighted by molar-refractivity contribution is 8.14. The van der Waals surface area contributed by atoms with Gasteiger partial charge in [0.1, 0.15) is 5.82 Å². The maximum absolute atomic E-state index is 11.5. The van der Waals surface area contributed by atoms with Gasteiger partial charge in [0, 0.05) is 13.1 Å². The first-order valence-corrected chi connectivity index (χ1v) is 6.53. The summed E-state index contributed by atoms with van der Waals surface area (Å²) in [6.45, 7) is 2.90. The van der Waals surface area contributed by atoms with Gasteiger partial charge in [-0.3, -0.25) is 4.79 Å². The Kier molecular flexibility index (Phi) is 2.94. The smallest absolute Gasteiger partial charge is 0.224 e. The highest BCUT2D eigenvalue weighted by atomic mass is 35.5. The number of anilines is 1. The van der Waals surface area contributed by atoms with E-state index >= 15 is 0 Å². The molecule has 1 aromatic rings. The maximum Gasteiger partial charge on any atom is 0.224 e. The molecular weight excluding hydrogens is 262 g/mol. The van der Waals surface area contributed by atoms with Crippen LogP contribution in [0.3, 0.4) is 0 Å². The summed E-state index contributed by atoms with van der Waals surface area (Å²) in [6, 6.07) is 0. The summed E-state index contributed by atoms with van der Waals surface area (Å²) in [6.07, 6.45) is 0.347. The van der Waals surface area contributed by atoms with E-state index in [2.05, 4.69) is 14.9 Å². The fraction of sp³-hybridized carbons (Fsp3) is 0.500. The number of morpholine rings is 1. The van der Waals surface area contributed by atoms with E-state index in [0.29, 0.717) is 19.6 Å². The average Bonchev–Trinajstić information content (AvgIpc) is 2.69. The normalized spacial score (nSPS) is 19.6. The minimum atomic E-state index is 0.103. The Hall–Kier alpha value is -0.850. The number of carbonyl (C=O) groups excluding carboxylic acids is 1. The van der Waals surface area contributed by atoms with E-state index in [1.54, 1.807) is 0 Å². The molecule has 2 aliphatic rings. The van der Waals surface area contributed by atoms with Gasteiger partial charge in [0.25, 0.3) is 0 Å². The molecule has 1 aromatic heterocycles. The van der Waals surface area contributed by atoms with Crippen molar-refractivity contribution in [2.24, 2.45) is 0 Å². The lowest BCUT2D eigenvalue weighted by atomic mass is 10.3. The number of hydrogen-bond acceptors (Lipinski definition) is 6. The molecule has 0 N–H and O–H groups in total. The number of carbonyl (C=O) groups is 1. The van der Waals surface area contributed by atoms with Crippen LogP contribution >= 0.6 is 23.4 Å². The Morgan fingerprint density at radius 1 is 1.29 bits per heavy atom. The van der Waals surface area contributed by atoms with Crippen molar-refractivity contribution >= 4 is 34.3 Å². The van der Waals surface area contributed by atoms with Crippen LogP contribution in [0.15, 0.2) is 4.90 Å². The third-order valence-electron chi connectivity index (χ3n) is 2.73. The zero-order chi connectivity index (χ0) is 11.8. The SMILES string of the molecule is O=C1Cc2nc(Cl)nc(N3CCOCC3)c2S1. The number of fused-ring (bicyclic) bond motifs is 1. The second-order valence-electron chi connectivity index (χ2n) is 3.84. The van der Waals surface area contributed by atoms with E-state index in [0.717, 1.165) is 29.5 Å². The summed E-state index contributed by atoms with van der Waals surface area (Å²) in [5.41, 5.74) is 0.751. The van der Waals surface area contributed by atoms with Crippen LogP contribution in [0.1, 0.15) is 5.69 Å². The Bertz CT molecular complexity index is 477. The molecule has 0 unspecified atom stereocenters. The molecule has 3 heterocycles. The second kappa shape index (κ2) is 4.44. The molecule has 17 heavy (non-hydrogen) atoms. The molecule has 1 fully saturated rings. The molecule has 0 radical (unpaired) electrons. The highest BCUT2D eigenvalue weighted by Crippen LogP contribution is 2.38. The van der Waals surface area contributed by atoms with Crippen molar-refractivity contribution in [2.75, 3.05) is 31.2 Å². The van der Waals surface area contributed by atoms with E-state index in [9.17, 15) is 4.79 Å². The van der Waals surface area contributed by atoms with E-state index in [1.165, 1.54) is 11.8 Å². The van der Waals surface area contributed by atoms with Gasteiger partial charge in [-0.1, -0.05) is 0 Å². The van der Waals surface area contributed by atoms with Gasteiger partial charge in [-0.2, -0.15) is 4.98 Å². The fourth-order valence-electron chi connectivity index (χ4n) is 1.95. The van der Waals surface area contributed by atoms with Crippen LogP contribution in [0.2, 0.25) is 5.28 Å². The molecule has 3 rings (SSSR count). The molecule has 0 aliphatic carbocycles. The van der Waals surface area contributed by atoms with Crippen molar-refractivity contribution < 1.29 is 9.53 Å². The van der Waals surface area contributed by atoms with E-state index < -0.39 is 0 Å². The van der Waals surface area contributed by atoms with E-state index in [1.807, 2.05) is 0 Å². The summed E-state index contributed by atoms with van der Waals surface area (Å²) in [4.78, 5) is 22.8. The summed E-state index contributed by atoms with van der Waals surface area (Å²) in [5.74, 6) is 0.777. The van der Waals surface area contributed by atoms with E-state index in [-0.39, 0.29) is 10.4 Å². The molecule has 5 nitrogen and oxygen atoms in total. The fourth-order valence-corrected chi connectivity index (χ4v) is 3.08. The molecule has 0 amide bonds. The molecular formula is C10H10ClN3O2S. The highest BCUT2D eigenvalue weighted by Gasteiger charge is 2.28. The van der Waals surface area contributed by atoms with Crippen molar-refractivity contribution in [1.82, 2.24) is 9.97 Å². The largest absolute Gasteiger partial charge is 0.378 e.